The largest absolute Gasteiger partial charge is 0.353 e. The predicted molar refractivity (Wildman–Crippen MR) is 101 cm³/mol. The Bertz CT molecular complexity index is 615. The van der Waals surface area contributed by atoms with Gasteiger partial charge in [-0.15, -0.1) is 0 Å². The Morgan fingerprint density at radius 3 is 2.62 bits per heavy atom. The molecule has 3 rings (SSSR count). The third-order valence-electron chi connectivity index (χ3n) is 4.53. The summed E-state index contributed by atoms with van der Waals surface area (Å²) >= 11 is 6.68. The predicted octanol–water partition coefficient (Wildman–Crippen LogP) is 3.25. The van der Waals surface area contributed by atoms with Crippen LogP contribution in [0.4, 0.5) is 0 Å². The molecule has 1 saturated carbocycles. The van der Waals surface area contributed by atoms with Gasteiger partial charge in [-0.3, -0.25) is 14.5 Å². The van der Waals surface area contributed by atoms with Crippen LogP contribution in [0.3, 0.4) is 0 Å². The number of amides is 2. The molecule has 1 aromatic carbocycles. The summed E-state index contributed by atoms with van der Waals surface area (Å²) in [5.41, 5.74) is 1.04. The van der Waals surface area contributed by atoms with Crippen molar-refractivity contribution in [2.75, 3.05) is 0 Å². The Balaban J connectivity index is 1.54. The third-order valence-corrected chi connectivity index (χ3v) is 6.11. The highest BCUT2D eigenvalue weighted by Gasteiger charge is 2.38. The summed E-state index contributed by atoms with van der Waals surface area (Å²) in [6.45, 7) is 0.478. The molecule has 1 aromatic rings. The summed E-state index contributed by atoms with van der Waals surface area (Å²) in [4.78, 5) is 26.5. The molecular formula is C18H22N2O2S2. The molecule has 1 heterocycles. The molecule has 0 bridgehead atoms. The first-order valence-electron chi connectivity index (χ1n) is 8.49. The van der Waals surface area contributed by atoms with Crippen LogP contribution in [0.15, 0.2) is 30.3 Å². The van der Waals surface area contributed by atoms with E-state index in [1.165, 1.54) is 31.0 Å². The fourth-order valence-electron chi connectivity index (χ4n) is 3.24. The molecule has 2 amide bonds. The summed E-state index contributed by atoms with van der Waals surface area (Å²) < 4.78 is 0.569. The molecule has 2 aliphatic rings. The van der Waals surface area contributed by atoms with Gasteiger partial charge in [-0.2, -0.15) is 0 Å². The molecule has 1 aliphatic heterocycles. The number of benzene rings is 1. The number of hydrogen-bond donors (Lipinski definition) is 1. The standard InChI is InChI=1S/C18H22N2O2S2/c21-16(19-14-9-5-2-6-10-14)11-15-17(22)20(18(23)24-15)12-13-7-3-1-4-8-13/h1,3-4,7-8,14-15H,2,5-6,9-12H2,(H,19,21)/t15-/m1/s1. The average Bonchev–Trinajstić information content (AvgIpc) is 2.84. The third kappa shape index (κ3) is 4.36. The average molecular weight is 363 g/mol. The van der Waals surface area contributed by atoms with Crippen LogP contribution in [0.2, 0.25) is 0 Å². The van der Waals surface area contributed by atoms with Crippen molar-refractivity contribution < 1.29 is 9.59 Å². The highest BCUT2D eigenvalue weighted by atomic mass is 32.2. The minimum atomic E-state index is -0.384. The van der Waals surface area contributed by atoms with Gasteiger partial charge in [-0.25, -0.2) is 0 Å². The van der Waals surface area contributed by atoms with Crippen LogP contribution in [0, 0.1) is 0 Å². The normalized spacial score (nSPS) is 22.0. The van der Waals surface area contributed by atoms with Gasteiger partial charge >= 0.3 is 0 Å². The number of nitrogens with one attached hydrogen (secondary N) is 1. The number of thioether (sulfide) groups is 1. The van der Waals surface area contributed by atoms with Crippen molar-refractivity contribution in [3.8, 4) is 0 Å². The topological polar surface area (TPSA) is 49.4 Å². The Morgan fingerprint density at radius 2 is 1.92 bits per heavy atom. The monoisotopic (exact) mass is 362 g/mol. The van der Waals surface area contributed by atoms with Gasteiger partial charge in [-0.1, -0.05) is 73.6 Å². The van der Waals surface area contributed by atoms with Crippen LogP contribution >= 0.6 is 24.0 Å². The number of hydrogen-bond acceptors (Lipinski definition) is 4. The van der Waals surface area contributed by atoms with Crippen molar-refractivity contribution >= 4 is 40.1 Å². The van der Waals surface area contributed by atoms with Crippen LogP contribution in [-0.2, 0) is 16.1 Å². The van der Waals surface area contributed by atoms with Gasteiger partial charge in [0.25, 0.3) is 0 Å². The molecule has 1 aliphatic carbocycles. The first-order valence-corrected chi connectivity index (χ1v) is 9.77. The molecule has 1 atom stereocenters. The molecule has 0 spiro atoms. The second-order valence-corrected chi connectivity index (χ2v) is 8.23. The second kappa shape index (κ2) is 8.12. The lowest BCUT2D eigenvalue weighted by Gasteiger charge is -2.23. The van der Waals surface area contributed by atoms with E-state index in [-0.39, 0.29) is 29.5 Å². The molecule has 0 aromatic heterocycles. The number of rotatable bonds is 5. The molecule has 2 fully saturated rings. The van der Waals surface area contributed by atoms with Crippen molar-refractivity contribution in [3.63, 3.8) is 0 Å². The Hall–Kier alpha value is -1.40. The van der Waals surface area contributed by atoms with Crippen LogP contribution < -0.4 is 5.32 Å². The Morgan fingerprint density at radius 1 is 1.21 bits per heavy atom. The zero-order valence-electron chi connectivity index (χ0n) is 13.6. The number of carbonyl (C=O) groups is 2. The summed E-state index contributed by atoms with van der Waals surface area (Å²) in [6.07, 6.45) is 5.93. The van der Waals surface area contributed by atoms with Crippen molar-refractivity contribution in [1.29, 1.82) is 0 Å². The summed E-state index contributed by atoms with van der Waals surface area (Å²) in [5.74, 6) is -0.0789. The first-order chi connectivity index (χ1) is 11.6. The Labute approximate surface area is 152 Å². The minimum absolute atomic E-state index is 0.0305. The highest BCUT2D eigenvalue weighted by Crippen LogP contribution is 2.31. The first kappa shape index (κ1) is 17.4. The second-order valence-electron chi connectivity index (χ2n) is 6.39. The number of carbonyl (C=O) groups excluding carboxylic acids is 2. The maximum Gasteiger partial charge on any atom is 0.242 e. The lowest BCUT2D eigenvalue weighted by atomic mass is 9.95. The molecule has 1 N–H and O–H groups in total. The van der Waals surface area contributed by atoms with Gasteiger partial charge in [-0.05, 0) is 18.4 Å². The zero-order valence-corrected chi connectivity index (χ0v) is 15.2. The highest BCUT2D eigenvalue weighted by molar-refractivity contribution is 8.24. The van der Waals surface area contributed by atoms with Crippen LogP contribution in [-0.4, -0.2) is 32.3 Å². The van der Waals surface area contributed by atoms with Gasteiger partial charge in [0.2, 0.25) is 11.8 Å². The van der Waals surface area contributed by atoms with Crippen molar-refractivity contribution in [3.05, 3.63) is 35.9 Å². The molecule has 4 nitrogen and oxygen atoms in total. The van der Waals surface area contributed by atoms with E-state index < -0.39 is 0 Å². The van der Waals surface area contributed by atoms with Gasteiger partial charge < -0.3 is 5.32 Å². The molecular weight excluding hydrogens is 340 g/mol. The fraction of sp³-hybridized carbons (Fsp3) is 0.500. The van der Waals surface area contributed by atoms with E-state index in [0.29, 0.717) is 10.9 Å². The van der Waals surface area contributed by atoms with E-state index in [2.05, 4.69) is 5.32 Å². The van der Waals surface area contributed by atoms with Gasteiger partial charge in [0.15, 0.2) is 0 Å². The summed E-state index contributed by atoms with van der Waals surface area (Å²) in [6, 6.07) is 10.1. The van der Waals surface area contributed by atoms with E-state index in [4.69, 9.17) is 12.2 Å². The van der Waals surface area contributed by atoms with Crippen LogP contribution in [0.1, 0.15) is 44.1 Å². The molecule has 24 heavy (non-hydrogen) atoms. The van der Waals surface area contributed by atoms with Crippen LogP contribution in [0.25, 0.3) is 0 Å². The zero-order chi connectivity index (χ0) is 16.9. The smallest absolute Gasteiger partial charge is 0.242 e. The SMILES string of the molecule is O=C(C[C@H]1SC(=S)N(Cc2ccccc2)C1=O)NC1CCCCC1. The van der Waals surface area contributed by atoms with Gasteiger partial charge in [0.1, 0.15) is 4.32 Å². The summed E-state index contributed by atoms with van der Waals surface area (Å²) in [5, 5.41) is 2.69. The van der Waals surface area contributed by atoms with Crippen molar-refractivity contribution in [2.24, 2.45) is 0 Å². The number of thiocarbonyl (C=S) groups is 1. The fourth-order valence-corrected chi connectivity index (χ4v) is 4.73. The van der Waals surface area contributed by atoms with E-state index in [9.17, 15) is 9.59 Å². The molecule has 0 radical (unpaired) electrons. The van der Waals surface area contributed by atoms with Crippen molar-refractivity contribution in [1.82, 2.24) is 10.2 Å². The lowest BCUT2D eigenvalue weighted by molar-refractivity contribution is -0.129. The minimum Gasteiger partial charge on any atom is -0.353 e. The Kier molecular flexibility index (Phi) is 5.89. The maximum absolute atomic E-state index is 12.6. The van der Waals surface area contributed by atoms with Crippen LogP contribution in [0.5, 0.6) is 0 Å². The molecule has 6 heteroatoms. The van der Waals surface area contributed by atoms with Gasteiger partial charge in [0.05, 0.1) is 11.8 Å². The van der Waals surface area contributed by atoms with E-state index in [0.717, 1.165) is 18.4 Å². The van der Waals surface area contributed by atoms with E-state index >= 15 is 0 Å². The lowest BCUT2D eigenvalue weighted by Crippen LogP contribution is -2.39. The molecule has 128 valence electrons. The van der Waals surface area contributed by atoms with Gasteiger partial charge in [0, 0.05) is 12.5 Å². The quantitative estimate of drug-likeness (QED) is 0.817. The van der Waals surface area contributed by atoms with E-state index in [1.807, 2.05) is 30.3 Å². The van der Waals surface area contributed by atoms with Crippen molar-refractivity contribution in [2.45, 2.75) is 56.4 Å². The summed E-state index contributed by atoms with van der Waals surface area (Å²) in [7, 11) is 0. The molecule has 0 unspecified atom stereocenters. The number of nitrogens with zero attached hydrogens (tertiary/aromatic N) is 1. The maximum atomic E-state index is 12.6. The molecule has 1 saturated heterocycles. The van der Waals surface area contributed by atoms with E-state index in [1.54, 1.807) is 4.90 Å².